The van der Waals surface area contributed by atoms with Crippen LogP contribution in [0.2, 0.25) is 0 Å². The SMILES string of the molecule is CC(=O)O[C@H]1C[C@]2(C)O[C@]3(COC(=O)C3)[C@@H](OC(=O)c3ccccc3)C[C@]2(C)[C@H]2[C@H](OC(C)=O)CC[C@]3(CO3)[C@]12C. The molecule has 0 bridgehead atoms. The van der Waals surface area contributed by atoms with Gasteiger partial charge in [-0.2, -0.15) is 0 Å². The third-order valence-corrected chi connectivity index (χ3v) is 10.9. The van der Waals surface area contributed by atoms with Gasteiger partial charge in [-0.25, -0.2) is 4.79 Å². The van der Waals surface area contributed by atoms with E-state index >= 15 is 0 Å². The maximum atomic E-state index is 13.4. The maximum Gasteiger partial charge on any atom is 0.338 e. The number of hydrogen-bond donors (Lipinski definition) is 0. The summed E-state index contributed by atoms with van der Waals surface area (Å²) in [5.74, 6) is -2.17. The number of hydrogen-bond acceptors (Lipinski definition) is 10. The van der Waals surface area contributed by atoms with Crippen molar-refractivity contribution in [2.45, 2.75) is 102 Å². The summed E-state index contributed by atoms with van der Waals surface area (Å²) in [6.45, 7) is 9.32. The minimum absolute atomic E-state index is 0.0647. The van der Waals surface area contributed by atoms with E-state index in [-0.39, 0.29) is 18.9 Å². The predicted octanol–water partition coefficient (Wildman–Crippen LogP) is 3.54. The van der Waals surface area contributed by atoms with E-state index in [2.05, 4.69) is 13.8 Å². The highest BCUT2D eigenvalue weighted by Gasteiger charge is 2.80. The summed E-state index contributed by atoms with van der Waals surface area (Å²) in [6, 6.07) is 8.68. The Morgan fingerprint density at radius 3 is 2.17 bits per heavy atom. The molecule has 6 rings (SSSR count). The van der Waals surface area contributed by atoms with Gasteiger partial charge < -0.3 is 28.4 Å². The molecule has 0 unspecified atom stereocenters. The Morgan fingerprint density at radius 2 is 1.59 bits per heavy atom. The third kappa shape index (κ3) is 4.12. The van der Waals surface area contributed by atoms with Gasteiger partial charge in [-0.1, -0.05) is 32.0 Å². The number of epoxide rings is 1. The summed E-state index contributed by atoms with van der Waals surface area (Å²) in [5.41, 5.74) is -3.83. The molecule has 5 fully saturated rings. The third-order valence-electron chi connectivity index (χ3n) is 10.9. The summed E-state index contributed by atoms with van der Waals surface area (Å²) in [6.07, 6.45) is -0.163. The van der Waals surface area contributed by atoms with Crippen molar-refractivity contribution in [2.24, 2.45) is 16.7 Å². The number of cyclic esters (lactones) is 1. The Morgan fingerprint density at radius 1 is 0.902 bits per heavy atom. The van der Waals surface area contributed by atoms with Gasteiger partial charge in [-0.05, 0) is 38.3 Å². The number of benzene rings is 1. The molecule has 1 aromatic rings. The van der Waals surface area contributed by atoms with E-state index < -0.39 is 69.8 Å². The van der Waals surface area contributed by atoms with Gasteiger partial charge in [0.1, 0.15) is 36.1 Å². The first-order valence-corrected chi connectivity index (χ1v) is 14.4. The van der Waals surface area contributed by atoms with Crippen LogP contribution in [0.25, 0.3) is 0 Å². The van der Waals surface area contributed by atoms with Gasteiger partial charge in [0.2, 0.25) is 0 Å². The number of ether oxygens (including phenoxy) is 6. The molecule has 2 spiro atoms. The number of esters is 4. The molecule has 0 amide bonds. The van der Waals surface area contributed by atoms with Crippen molar-refractivity contribution in [3.8, 4) is 0 Å². The summed E-state index contributed by atoms with van der Waals surface area (Å²) in [5, 5.41) is 0. The number of fused-ring (bicyclic) bond motifs is 4. The highest BCUT2D eigenvalue weighted by Crippen LogP contribution is 2.72. The molecule has 3 heterocycles. The summed E-state index contributed by atoms with van der Waals surface area (Å²) < 4.78 is 36.8. The topological polar surface area (TPSA) is 127 Å². The minimum Gasteiger partial charge on any atom is -0.462 e. The Balaban J connectivity index is 1.47. The summed E-state index contributed by atoms with van der Waals surface area (Å²) >= 11 is 0. The molecule has 222 valence electrons. The number of rotatable bonds is 4. The number of carbonyl (C=O) groups is 4. The van der Waals surface area contributed by atoms with E-state index in [9.17, 15) is 19.2 Å². The van der Waals surface area contributed by atoms with Crippen LogP contribution in [0, 0.1) is 16.7 Å². The van der Waals surface area contributed by atoms with Gasteiger partial charge in [0.15, 0.2) is 0 Å². The lowest BCUT2D eigenvalue weighted by Crippen LogP contribution is -2.77. The average Bonchev–Trinajstić information content (AvgIpc) is 3.60. The molecule has 0 N–H and O–H groups in total. The van der Waals surface area contributed by atoms with E-state index in [1.807, 2.05) is 13.0 Å². The quantitative estimate of drug-likeness (QED) is 0.301. The molecular formula is C31H38O10. The Labute approximate surface area is 239 Å². The lowest BCUT2D eigenvalue weighted by molar-refractivity contribution is -0.350. The molecule has 2 saturated carbocycles. The van der Waals surface area contributed by atoms with Crippen molar-refractivity contribution >= 4 is 23.9 Å². The van der Waals surface area contributed by atoms with E-state index in [0.29, 0.717) is 37.9 Å². The van der Waals surface area contributed by atoms with Crippen LogP contribution in [0.3, 0.4) is 0 Å². The molecule has 3 aliphatic heterocycles. The van der Waals surface area contributed by atoms with Gasteiger partial charge in [0.05, 0.1) is 24.2 Å². The molecule has 41 heavy (non-hydrogen) atoms. The Kier molecular flexibility index (Phi) is 6.36. The first-order valence-electron chi connectivity index (χ1n) is 14.4. The van der Waals surface area contributed by atoms with E-state index in [1.54, 1.807) is 24.3 Å². The predicted molar refractivity (Wildman–Crippen MR) is 141 cm³/mol. The zero-order chi connectivity index (χ0) is 29.4. The standard InChI is InChI=1S/C31H38O10/c1-18(32)38-21-11-12-31(17-37-31)29(5)22(39-19(2)33)14-28(4)27(3,25(21)29)13-23(30(41-28)15-24(34)36-16-30)40-26(35)20-9-7-6-8-10-20/h6-10,21-23,25H,11-17H2,1-5H3/t21-,22+,23+,25-,27-,28+,29-,30-,31+/m1/s1. The summed E-state index contributed by atoms with van der Waals surface area (Å²) in [7, 11) is 0. The summed E-state index contributed by atoms with van der Waals surface area (Å²) in [4.78, 5) is 50.7. The van der Waals surface area contributed by atoms with Crippen LogP contribution < -0.4 is 0 Å². The lowest BCUT2D eigenvalue weighted by Gasteiger charge is -2.70. The molecule has 10 nitrogen and oxygen atoms in total. The largest absolute Gasteiger partial charge is 0.462 e. The first kappa shape index (κ1) is 28.2. The van der Waals surface area contributed by atoms with Gasteiger partial charge >= 0.3 is 23.9 Å². The van der Waals surface area contributed by atoms with Crippen LogP contribution in [0.5, 0.6) is 0 Å². The van der Waals surface area contributed by atoms with E-state index in [0.717, 1.165) is 0 Å². The highest BCUT2D eigenvalue weighted by atomic mass is 16.6. The van der Waals surface area contributed by atoms with Crippen LogP contribution in [0.15, 0.2) is 30.3 Å². The van der Waals surface area contributed by atoms with Crippen LogP contribution in [-0.2, 0) is 42.8 Å². The fourth-order valence-electron chi connectivity index (χ4n) is 8.75. The van der Waals surface area contributed by atoms with Crippen molar-refractivity contribution in [3.05, 3.63) is 35.9 Å². The molecule has 3 saturated heterocycles. The monoisotopic (exact) mass is 570 g/mol. The molecule has 9 atom stereocenters. The van der Waals surface area contributed by atoms with E-state index in [4.69, 9.17) is 28.4 Å². The smallest absolute Gasteiger partial charge is 0.338 e. The first-order chi connectivity index (χ1) is 19.3. The van der Waals surface area contributed by atoms with Crippen LogP contribution in [0.1, 0.15) is 77.1 Å². The van der Waals surface area contributed by atoms with Gasteiger partial charge in [-0.15, -0.1) is 0 Å². The molecule has 10 heteroatoms. The van der Waals surface area contributed by atoms with Gasteiger partial charge in [-0.3, -0.25) is 14.4 Å². The normalized spacial score (nSPS) is 44.4. The Bertz CT molecular complexity index is 1270. The van der Waals surface area contributed by atoms with Crippen molar-refractivity contribution in [3.63, 3.8) is 0 Å². The molecular weight excluding hydrogens is 532 g/mol. The molecule has 2 aliphatic carbocycles. The molecule has 5 aliphatic rings. The van der Waals surface area contributed by atoms with Gasteiger partial charge in [0, 0.05) is 37.0 Å². The van der Waals surface area contributed by atoms with E-state index in [1.165, 1.54) is 13.8 Å². The van der Waals surface area contributed by atoms with Crippen LogP contribution in [0.4, 0.5) is 0 Å². The zero-order valence-electron chi connectivity index (χ0n) is 24.2. The maximum absolute atomic E-state index is 13.4. The van der Waals surface area contributed by atoms with Crippen molar-refractivity contribution in [1.82, 2.24) is 0 Å². The fraction of sp³-hybridized carbons (Fsp3) is 0.677. The lowest BCUT2D eigenvalue weighted by atomic mass is 9.40. The minimum atomic E-state index is -1.22. The second-order valence-electron chi connectivity index (χ2n) is 13.1. The van der Waals surface area contributed by atoms with Crippen molar-refractivity contribution in [1.29, 1.82) is 0 Å². The van der Waals surface area contributed by atoms with Gasteiger partial charge in [0.25, 0.3) is 0 Å². The molecule has 0 aromatic heterocycles. The Hall–Kier alpha value is -2.98. The fourth-order valence-corrected chi connectivity index (χ4v) is 8.75. The van der Waals surface area contributed by atoms with Crippen LogP contribution in [-0.4, -0.2) is 72.2 Å². The van der Waals surface area contributed by atoms with Crippen LogP contribution >= 0.6 is 0 Å². The van der Waals surface area contributed by atoms with Crippen molar-refractivity contribution < 1.29 is 47.6 Å². The van der Waals surface area contributed by atoms with Crippen molar-refractivity contribution in [2.75, 3.05) is 13.2 Å². The highest BCUT2D eigenvalue weighted by molar-refractivity contribution is 5.89. The molecule has 1 aromatic carbocycles. The number of carbonyl (C=O) groups excluding carboxylic acids is 4. The average molecular weight is 571 g/mol. The second-order valence-corrected chi connectivity index (χ2v) is 13.1. The zero-order valence-corrected chi connectivity index (χ0v) is 24.2. The second kappa shape index (κ2) is 9.26. The molecule has 0 radical (unpaired) electrons.